The van der Waals surface area contributed by atoms with E-state index in [2.05, 4.69) is 16.9 Å². The second-order valence-electron chi connectivity index (χ2n) is 5.45. The standard InChI is InChI=1S/C15H19N3O/c1-18(9-10-7-11(19)8-10)14-5-4-13(16)12-3-2-6-17-15(12)14/h2-6,10-11,19H,7-9,16H2,1H3. The first-order chi connectivity index (χ1) is 9.15. The first kappa shape index (κ1) is 12.2. The highest BCUT2D eigenvalue weighted by Gasteiger charge is 2.28. The van der Waals surface area contributed by atoms with Crippen molar-refractivity contribution in [2.45, 2.75) is 18.9 Å². The molecule has 0 spiro atoms. The molecule has 0 saturated heterocycles. The van der Waals surface area contributed by atoms with Crippen molar-refractivity contribution in [3.63, 3.8) is 0 Å². The average molecular weight is 257 g/mol. The maximum absolute atomic E-state index is 9.36. The number of rotatable bonds is 3. The number of hydrogen-bond donors (Lipinski definition) is 2. The van der Waals surface area contributed by atoms with Gasteiger partial charge in [-0.1, -0.05) is 0 Å². The van der Waals surface area contributed by atoms with Gasteiger partial charge in [0.2, 0.25) is 0 Å². The van der Waals surface area contributed by atoms with Gasteiger partial charge in [0.1, 0.15) is 0 Å². The van der Waals surface area contributed by atoms with E-state index in [0.717, 1.165) is 41.7 Å². The van der Waals surface area contributed by atoms with Gasteiger partial charge in [-0.15, -0.1) is 0 Å². The van der Waals surface area contributed by atoms with Gasteiger partial charge in [-0.25, -0.2) is 0 Å². The van der Waals surface area contributed by atoms with Crippen LogP contribution in [-0.2, 0) is 0 Å². The molecule has 0 amide bonds. The molecule has 4 heteroatoms. The van der Waals surface area contributed by atoms with Crippen molar-refractivity contribution in [3.05, 3.63) is 30.5 Å². The van der Waals surface area contributed by atoms with Gasteiger partial charge in [0, 0.05) is 30.9 Å². The smallest absolute Gasteiger partial charge is 0.0955 e. The lowest BCUT2D eigenvalue weighted by molar-refractivity contribution is 0.0465. The number of aromatic nitrogens is 1. The van der Waals surface area contributed by atoms with E-state index in [1.54, 1.807) is 6.20 Å². The zero-order valence-corrected chi connectivity index (χ0v) is 11.1. The molecule has 1 heterocycles. The molecule has 1 saturated carbocycles. The summed E-state index contributed by atoms with van der Waals surface area (Å²) in [4.78, 5) is 6.67. The lowest BCUT2D eigenvalue weighted by atomic mass is 9.82. The van der Waals surface area contributed by atoms with E-state index >= 15 is 0 Å². The molecule has 1 aromatic heterocycles. The zero-order chi connectivity index (χ0) is 13.4. The second kappa shape index (κ2) is 4.70. The number of aliphatic hydroxyl groups is 1. The Balaban J connectivity index is 1.89. The van der Waals surface area contributed by atoms with Crippen LogP contribution in [0, 0.1) is 5.92 Å². The third-order valence-corrected chi connectivity index (χ3v) is 3.94. The molecule has 1 aliphatic carbocycles. The highest BCUT2D eigenvalue weighted by atomic mass is 16.3. The van der Waals surface area contributed by atoms with Crippen LogP contribution in [0.1, 0.15) is 12.8 Å². The summed E-state index contributed by atoms with van der Waals surface area (Å²) < 4.78 is 0. The van der Waals surface area contributed by atoms with E-state index in [1.807, 2.05) is 24.3 Å². The van der Waals surface area contributed by atoms with Crippen LogP contribution in [0.3, 0.4) is 0 Å². The summed E-state index contributed by atoms with van der Waals surface area (Å²) in [6, 6.07) is 7.87. The van der Waals surface area contributed by atoms with E-state index in [9.17, 15) is 5.11 Å². The molecular weight excluding hydrogens is 238 g/mol. The largest absolute Gasteiger partial charge is 0.398 e. The van der Waals surface area contributed by atoms with Crippen molar-refractivity contribution < 1.29 is 5.11 Å². The summed E-state index contributed by atoms with van der Waals surface area (Å²) >= 11 is 0. The first-order valence-electron chi connectivity index (χ1n) is 6.67. The minimum absolute atomic E-state index is 0.0975. The Hall–Kier alpha value is -1.81. The van der Waals surface area contributed by atoms with E-state index in [1.165, 1.54) is 0 Å². The van der Waals surface area contributed by atoms with Crippen LogP contribution in [0.15, 0.2) is 30.5 Å². The van der Waals surface area contributed by atoms with E-state index in [0.29, 0.717) is 5.92 Å². The van der Waals surface area contributed by atoms with E-state index in [4.69, 9.17) is 5.73 Å². The molecule has 0 aliphatic heterocycles. The summed E-state index contributed by atoms with van der Waals surface area (Å²) in [6.45, 7) is 0.951. The van der Waals surface area contributed by atoms with Gasteiger partial charge in [-0.3, -0.25) is 4.98 Å². The lowest BCUT2D eigenvalue weighted by Crippen LogP contribution is -2.37. The van der Waals surface area contributed by atoms with Crippen LogP contribution in [0.4, 0.5) is 11.4 Å². The van der Waals surface area contributed by atoms with Crippen LogP contribution < -0.4 is 10.6 Å². The number of nitrogen functional groups attached to an aromatic ring is 1. The molecule has 3 N–H and O–H groups in total. The van der Waals surface area contributed by atoms with E-state index < -0.39 is 0 Å². The van der Waals surface area contributed by atoms with Crippen LogP contribution in [-0.4, -0.2) is 29.8 Å². The summed E-state index contributed by atoms with van der Waals surface area (Å²) in [6.07, 6.45) is 3.52. The number of pyridine rings is 1. The Labute approximate surface area is 112 Å². The molecule has 4 nitrogen and oxygen atoms in total. The molecule has 1 aliphatic rings. The Bertz CT molecular complexity index is 593. The van der Waals surface area contributed by atoms with Gasteiger partial charge in [0.25, 0.3) is 0 Å². The molecule has 0 unspecified atom stereocenters. The normalized spacial score (nSPS) is 22.2. The molecule has 3 rings (SSSR count). The van der Waals surface area contributed by atoms with Gasteiger partial charge in [0.05, 0.1) is 17.3 Å². The fraction of sp³-hybridized carbons (Fsp3) is 0.400. The molecule has 19 heavy (non-hydrogen) atoms. The second-order valence-corrected chi connectivity index (χ2v) is 5.45. The number of benzene rings is 1. The molecular formula is C15H19N3O. The highest BCUT2D eigenvalue weighted by molar-refractivity contribution is 5.98. The topological polar surface area (TPSA) is 62.4 Å². The Morgan fingerprint density at radius 2 is 2.16 bits per heavy atom. The Morgan fingerprint density at radius 1 is 1.37 bits per heavy atom. The zero-order valence-electron chi connectivity index (χ0n) is 11.1. The van der Waals surface area contributed by atoms with Crippen LogP contribution in [0.25, 0.3) is 10.9 Å². The quantitative estimate of drug-likeness (QED) is 0.826. The fourth-order valence-electron chi connectivity index (χ4n) is 2.82. The van der Waals surface area contributed by atoms with Gasteiger partial charge < -0.3 is 15.7 Å². The molecule has 0 bridgehead atoms. The van der Waals surface area contributed by atoms with Crippen molar-refractivity contribution in [3.8, 4) is 0 Å². The van der Waals surface area contributed by atoms with Crippen LogP contribution in [0.5, 0.6) is 0 Å². The van der Waals surface area contributed by atoms with Crippen molar-refractivity contribution in [2.24, 2.45) is 5.92 Å². The van der Waals surface area contributed by atoms with Crippen molar-refractivity contribution in [1.82, 2.24) is 4.98 Å². The van der Waals surface area contributed by atoms with Crippen molar-refractivity contribution in [2.75, 3.05) is 24.2 Å². The highest BCUT2D eigenvalue weighted by Crippen LogP contribution is 2.32. The predicted molar refractivity (Wildman–Crippen MR) is 78.2 cm³/mol. The summed E-state index contributed by atoms with van der Waals surface area (Å²) in [5.41, 5.74) is 8.81. The number of hydrogen-bond acceptors (Lipinski definition) is 4. The predicted octanol–water partition coefficient (Wildman–Crippen LogP) is 2.02. The maximum Gasteiger partial charge on any atom is 0.0955 e. The van der Waals surface area contributed by atoms with Crippen molar-refractivity contribution in [1.29, 1.82) is 0 Å². The number of aliphatic hydroxyl groups excluding tert-OH is 1. The molecule has 1 fully saturated rings. The number of nitrogens with two attached hydrogens (primary N) is 1. The first-order valence-corrected chi connectivity index (χ1v) is 6.67. The Kier molecular flexibility index (Phi) is 3.03. The van der Waals surface area contributed by atoms with Crippen LogP contribution in [0.2, 0.25) is 0 Å². The molecule has 100 valence electrons. The number of anilines is 2. The minimum atomic E-state index is -0.0975. The molecule has 0 radical (unpaired) electrons. The third-order valence-electron chi connectivity index (χ3n) is 3.94. The fourth-order valence-corrected chi connectivity index (χ4v) is 2.82. The van der Waals surface area contributed by atoms with Crippen molar-refractivity contribution >= 4 is 22.3 Å². The summed E-state index contributed by atoms with van der Waals surface area (Å²) in [5.74, 6) is 0.580. The van der Waals surface area contributed by atoms with Gasteiger partial charge >= 0.3 is 0 Å². The maximum atomic E-state index is 9.36. The minimum Gasteiger partial charge on any atom is -0.398 e. The van der Waals surface area contributed by atoms with Gasteiger partial charge in [-0.05, 0) is 43.0 Å². The van der Waals surface area contributed by atoms with Gasteiger partial charge in [0.15, 0.2) is 0 Å². The molecule has 1 aromatic carbocycles. The number of fused-ring (bicyclic) bond motifs is 1. The van der Waals surface area contributed by atoms with E-state index in [-0.39, 0.29) is 6.10 Å². The number of nitrogens with zero attached hydrogens (tertiary/aromatic N) is 2. The molecule has 2 aromatic rings. The average Bonchev–Trinajstić information content (AvgIpc) is 2.37. The summed E-state index contributed by atoms with van der Waals surface area (Å²) in [7, 11) is 2.07. The van der Waals surface area contributed by atoms with Gasteiger partial charge in [-0.2, -0.15) is 0 Å². The molecule has 0 atom stereocenters. The van der Waals surface area contributed by atoms with Crippen LogP contribution >= 0.6 is 0 Å². The lowest BCUT2D eigenvalue weighted by Gasteiger charge is -2.35. The third kappa shape index (κ3) is 2.24. The monoisotopic (exact) mass is 257 g/mol. The SMILES string of the molecule is CN(CC1CC(O)C1)c1ccc(N)c2cccnc12. The summed E-state index contributed by atoms with van der Waals surface area (Å²) in [5, 5.41) is 10.4. The Morgan fingerprint density at radius 3 is 2.89 bits per heavy atom.